The summed E-state index contributed by atoms with van der Waals surface area (Å²) in [6.45, 7) is 0.576. The van der Waals surface area contributed by atoms with Gasteiger partial charge in [-0.3, -0.25) is 9.59 Å². The summed E-state index contributed by atoms with van der Waals surface area (Å²) in [7, 11) is 1.26. The molecule has 0 unspecified atom stereocenters. The number of esters is 1. The third-order valence-electron chi connectivity index (χ3n) is 6.92. The monoisotopic (exact) mass is 617 g/mol. The number of carbonyl (C=O) groups is 2. The van der Waals surface area contributed by atoms with Crippen molar-refractivity contribution in [1.29, 1.82) is 0 Å². The summed E-state index contributed by atoms with van der Waals surface area (Å²) in [5.41, 5.74) is 1.30. The molecule has 13 heteroatoms. The molecule has 0 aromatic heterocycles. The Kier molecular flexibility index (Phi) is 8.42. The van der Waals surface area contributed by atoms with Crippen LogP contribution >= 0.6 is 23.2 Å². The summed E-state index contributed by atoms with van der Waals surface area (Å²) in [5.74, 6) is -0.971. The van der Waals surface area contributed by atoms with Crippen molar-refractivity contribution in [2.75, 3.05) is 13.7 Å². The zero-order valence-electron chi connectivity index (χ0n) is 22.2. The molecule has 1 aliphatic carbocycles. The zero-order valence-corrected chi connectivity index (χ0v) is 23.7. The van der Waals surface area contributed by atoms with Crippen LogP contribution in [0.25, 0.3) is 33.4 Å². The smallest absolute Gasteiger partial charge is 0.338 e. The quantitative estimate of drug-likeness (QED) is 0.187. The van der Waals surface area contributed by atoms with Crippen LogP contribution in [0.1, 0.15) is 17.3 Å². The second-order valence-corrected chi connectivity index (χ2v) is 10.4. The van der Waals surface area contributed by atoms with Gasteiger partial charge >= 0.3 is 5.97 Å². The molecule has 1 fully saturated rings. The van der Waals surface area contributed by atoms with Crippen LogP contribution in [0.3, 0.4) is 0 Å². The van der Waals surface area contributed by atoms with Gasteiger partial charge in [-0.25, -0.2) is 4.79 Å². The highest BCUT2D eigenvalue weighted by Crippen LogP contribution is 2.45. The first-order chi connectivity index (χ1) is 20.0. The molecule has 0 radical (unpaired) electrons. The Morgan fingerprint density at radius 2 is 1.76 bits per heavy atom. The number of carbonyl (C=O) groups excluding carboxylic acids is 2. The Morgan fingerprint density at radius 3 is 2.45 bits per heavy atom. The van der Waals surface area contributed by atoms with E-state index in [0.29, 0.717) is 22.1 Å². The Bertz CT molecular complexity index is 1710. The van der Waals surface area contributed by atoms with Crippen molar-refractivity contribution in [3.63, 3.8) is 0 Å². The van der Waals surface area contributed by atoms with Crippen molar-refractivity contribution in [2.24, 2.45) is 0 Å². The minimum absolute atomic E-state index is 0.00332. The fourth-order valence-electron chi connectivity index (χ4n) is 4.96. The number of aliphatic hydroxyl groups is 3. The van der Waals surface area contributed by atoms with Gasteiger partial charge in [0.25, 0.3) is 0 Å². The second kappa shape index (κ2) is 11.9. The first-order valence-electron chi connectivity index (χ1n) is 12.7. The van der Waals surface area contributed by atoms with Crippen molar-refractivity contribution in [3.8, 4) is 28.2 Å². The van der Waals surface area contributed by atoms with Gasteiger partial charge in [-0.2, -0.15) is 0 Å². The van der Waals surface area contributed by atoms with E-state index in [0.717, 1.165) is 0 Å². The molecule has 11 nitrogen and oxygen atoms in total. The normalized spacial score (nSPS) is 22.2. The van der Waals surface area contributed by atoms with Gasteiger partial charge < -0.3 is 39.3 Å². The molecular formula is C29H25Cl2NO10. The van der Waals surface area contributed by atoms with E-state index < -0.39 is 54.6 Å². The highest BCUT2D eigenvalue weighted by Gasteiger charge is 2.46. The third kappa shape index (κ3) is 5.42. The van der Waals surface area contributed by atoms with E-state index in [-0.39, 0.29) is 32.7 Å². The van der Waals surface area contributed by atoms with Crippen LogP contribution in [0, 0.1) is 0 Å². The number of hydrogen-bond acceptors (Lipinski definition) is 10. The van der Waals surface area contributed by atoms with Gasteiger partial charge in [0.05, 0.1) is 29.3 Å². The van der Waals surface area contributed by atoms with Gasteiger partial charge in [-0.05, 0) is 23.8 Å². The molecule has 2 aromatic rings. The van der Waals surface area contributed by atoms with Gasteiger partial charge in [0.15, 0.2) is 0 Å². The predicted octanol–water partition coefficient (Wildman–Crippen LogP) is 2.98. The molecule has 220 valence electrons. The lowest BCUT2D eigenvalue weighted by molar-refractivity contribution is -0.244. The third-order valence-corrected chi connectivity index (χ3v) is 7.51. The highest BCUT2D eigenvalue weighted by atomic mass is 35.5. The maximum absolute atomic E-state index is 12.7. The van der Waals surface area contributed by atoms with Gasteiger partial charge in [0.1, 0.15) is 41.4 Å². The molecule has 2 aromatic carbocycles. The topological polar surface area (TPSA) is 165 Å². The van der Waals surface area contributed by atoms with Crippen molar-refractivity contribution in [2.45, 2.75) is 37.6 Å². The summed E-state index contributed by atoms with van der Waals surface area (Å²) >= 11 is 12.9. The molecule has 0 bridgehead atoms. The molecule has 42 heavy (non-hydrogen) atoms. The van der Waals surface area contributed by atoms with Gasteiger partial charge in [0.2, 0.25) is 17.6 Å². The molecule has 4 N–H and O–H groups in total. The first kappa shape index (κ1) is 29.8. The van der Waals surface area contributed by atoms with Gasteiger partial charge in [-0.15, -0.1) is 0 Å². The Hall–Kier alpha value is -3.71. The van der Waals surface area contributed by atoms with Crippen molar-refractivity contribution in [1.82, 2.24) is 5.32 Å². The van der Waals surface area contributed by atoms with E-state index in [1.165, 1.54) is 38.3 Å². The highest BCUT2D eigenvalue weighted by molar-refractivity contribution is 6.33. The van der Waals surface area contributed by atoms with E-state index >= 15 is 0 Å². The summed E-state index contributed by atoms with van der Waals surface area (Å²) in [5, 5.41) is 33.5. The standard InChI is InChI=1S/C29H25Cl2NO10/c1-12(34)32-25-27(37)26(36)23(11-33)42-29(25)41-22-10-21-16(8-18(22)31)24(13-5-3-4-6-14(13)28(38)39-2)15-7-17(30)19(35)9-20(15)40-21/h3-10,23,25-27,29,33,36-37H,11H2,1-2H3,(H,32,34)/t23-,25-,26-,27-,29-/m1/s1. The summed E-state index contributed by atoms with van der Waals surface area (Å²) in [4.78, 5) is 36.9. The Labute approximate surface area is 248 Å². The van der Waals surface area contributed by atoms with Crippen LogP contribution in [0.5, 0.6) is 5.75 Å². The fourth-order valence-corrected chi connectivity index (χ4v) is 5.33. The number of rotatable bonds is 6. The lowest BCUT2D eigenvalue weighted by Crippen LogP contribution is -2.65. The maximum Gasteiger partial charge on any atom is 0.338 e. The Morgan fingerprint density at radius 1 is 1.02 bits per heavy atom. The van der Waals surface area contributed by atoms with Crippen LogP contribution in [0.15, 0.2) is 57.7 Å². The number of amides is 1. The van der Waals surface area contributed by atoms with E-state index in [1.807, 2.05) is 0 Å². The van der Waals surface area contributed by atoms with E-state index in [9.17, 15) is 29.7 Å². The van der Waals surface area contributed by atoms with E-state index in [4.69, 9.17) is 41.8 Å². The molecular weight excluding hydrogens is 593 g/mol. The average Bonchev–Trinajstić information content (AvgIpc) is 2.96. The molecule has 3 aliphatic rings. The number of aliphatic hydroxyl groups excluding tert-OH is 3. The molecule has 5 atom stereocenters. The van der Waals surface area contributed by atoms with Gasteiger partial charge in [-0.1, -0.05) is 41.4 Å². The zero-order chi connectivity index (χ0) is 30.3. The molecule has 0 saturated carbocycles. The first-order valence-corrected chi connectivity index (χ1v) is 13.4. The van der Waals surface area contributed by atoms with Crippen molar-refractivity contribution in [3.05, 3.63) is 74.4 Å². The van der Waals surface area contributed by atoms with Crippen LogP contribution in [-0.2, 0) is 14.3 Å². The second-order valence-electron chi connectivity index (χ2n) is 9.62. The lowest BCUT2D eigenvalue weighted by Gasteiger charge is -2.42. The van der Waals surface area contributed by atoms with Crippen molar-refractivity contribution >= 4 is 46.0 Å². The molecule has 5 rings (SSSR count). The molecule has 1 saturated heterocycles. The largest absolute Gasteiger partial charge is 0.465 e. The van der Waals surface area contributed by atoms with Crippen LogP contribution in [-0.4, -0.2) is 71.6 Å². The number of nitrogens with one attached hydrogen (secondary N) is 1. The number of ether oxygens (including phenoxy) is 3. The summed E-state index contributed by atoms with van der Waals surface area (Å²) in [6, 6.07) is 11.1. The van der Waals surface area contributed by atoms with E-state index in [1.54, 1.807) is 24.3 Å². The number of benzene rings is 3. The maximum atomic E-state index is 12.7. The number of fused-ring (bicyclic) bond motifs is 2. The SMILES string of the molecule is COC(=O)c1ccccc1-c1c2cc(Cl)c(=O)cc-2oc2cc(O[C@@H]3O[C@H](CO)[C@@H](O)[C@H](O)[C@H]3NC(C)=O)c(Cl)cc12. The number of methoxy groups -OCH3 is 1. The van der Waals surface area contributed by atoms with E-state index in [2.05, 4.69) is 5.32 Å². The predicted molar refractivity (Wildman–Crippen MR) is 152 cm³/mol. The van der Waals surface area contributed by atoms with Crippen LogP contribution in [0.2, 0.25) is 10.0 Å². The Balaban J connectivity index is 1.70. The molecule has 1 amide bonds. The lowest BCUT2D eigenvalue weighted by atomic mass is 9.90. The molecule has 2 heterocycles. The summed E-state index contributed by atoms with van der Waals surface area (Å²) in [6.07, 6.45) is -5.65. The number of hydrogen-bond donors (Lipinski definition) is 4. The van der Waals surface area contributed by atoms with Gasteiger partial charge in [0, 0.05) is 35.6 Å². The molecule has 0 spiro atoms. The van der Waals surface area contributed by atoms with Crippen molar-refractivity contribution < 1.29 is 43.5 Å². The average molecular weight is 618 g/mol. The number of halogens is 2. The fraction of sp³-hybridized carbons (Fsp3) is 0.276. The minimum Gasteiger partial charge on any atom is -0.465 e. The molecule has 2 aliphatic heterocycles. The summed E-state index contributed by atoms with van der Waals surface area (Å²) < 4.78 is 22.7. The minimum atomic E-state index is -1.54. The van der Waals surface area contributed by atoms with Crippen LogP contribution < -0.4 is 15.5 Å². The van der Waals surface area contributed by atoms with Crippen LogP contribution in [0.4, 0.5) is 0 Å².